The zero-order valence-electron chi connectivity index (χ0n) is 28.1. The monoisotopic (exact) mass is 666 g/mol. The van der Waals surface area contributed by atoms with Gasteiger partial charge >= 0.3 is 6.16 Å². The number of aromatic nitrogens is 2. The molecule has 0 radical (unpaired) electrons. The Kier molecular flexibility index (Phi) is 9.56. The number of pyridine rings is 2. The number of unbranched alkanes of at least 4 members (excludes halogenated alkanes) is 1. The second-order valence-electron chi connectivity index (χ2n) is 12.9. The van der Waals surface area contributed by atoms with Gasteiger partial charge in [0.2, 0.25) is 5.91 Å². The SMILES string of the molecule is CCc1c2c(nc3ccc(O)cc13)-c1cc3c(c(=O)n1C2)CCC(=O)C3(CC)OC(=O)OCc1ccc(NC(=O)C(C)CCCCN)cc1. The summed E-state index contributed by atoms with van der Waals surface area (Å²) in [6, 6.07) is 13.7. The van der Waals surface area contributed by atoms with E-state index in [0.29, 0.717) is 58.8 Å². The number of benzene rings is 2. The van der Waals surface area contributed by atoms with Crippen molar-refractivity contribution in [2.75, 3.05) is 11.9 Å². The number of anilines is 1. The quantitative estimate of drug-likeness (QED) is 0.116. The van der Waals surface area contributed by atoms with E-state index >= 15 is 0 Å². The Morgan fingerprint density at radius 2 is 1.84 bits per heavy atom. The van der Waals surface area contributed by atoms with Crippen LogP contribution >= 0.6 is 0 Å². The van der Waals surface area contributed by atoms with Crippen LogP contribution in [-0.4, -0.2) is 39.0 Å². The van der Waals surface area contributed by atoms with Crippen LogP contribution in [0.25, 0.3) is 22.3 Å². The van der Waals surface area contributed by atoms with Gasteiger partial charge in [0.25, 0.3) is 5.56 Å². The van der Waals surface area contributed by atoms with Crippen molar-refractivity contribution in [3.63, 3.8) is 0 Å². The van der Waals surface area contributed by atoms with Crippen LogP contribution in [0.4, 0.5) is 10.5 Å². The summed E-state index contributed by atoms with van der Waals surface area (Å²) < 4.78 is 13.0. The second kappa shape index (κ2) is 13.8. The first-order chi connectivity index (χ1) is 23.6. The normalized spacial score (nSPS) is 16.9. The van der Waals surface area contributed by atoms with E-state index in [-0.39, 0.29) is 54.8 Å². The number of ether oxygens (including phenoxy) is 2. The summed E-state index contributed by atoms with van der Waals surface area (Å²) in [6.07, 6.45) is 2.59. The zero-order chi connectivity index (χ0) is 34.9. The van der Waals surface area contributed by atoms with E-state index in [1.54, 1.807) is 60.0 Å². The first-order valence-electron chi connectivity index (χ1n) is 17.0. The molecular formula is C38H42N4O7. The molecule has 2 atom stereocenters. The van der Waals surface area contributed by atoms with Gasteiger partial charge in [-0.1, -0.05) is 39.3 Å². The highest BCUT2D eigenvalue weighted by Crippen LogP contribution is 2.43. The van der Waals surface area contributed by atoms with E-state index in [1.165, 1.54) is 0 Å². The smallest absolute Gasteiger partial charge is 0.508 e. The van der Waals surface area contributed by atoms with E-state index in [4.69, 9.17) is 20.2 Å². The number of amides is 1. The summed E-state index contributed by atoms with van der Waals surface area (Å²) in [5.41, 5.74) is 9.51. The van der Waals surface area contributed by atoms with Crippen molar-refractivity contribution in [3.8, 4) is 17.1 Å². The minimum atomic E-state index is -1.69. The molecule has 6 rings (SSSR count). The Morgan fingerprint density at radius 1 is 1.06 bits per heavy atom. The molecule has 4 N–H and O–H groups in total. The molecule has 1 amide bonds. The highest BCUT2D eigenvalue weighted by molar-refractivity contribution is 5.94. The molecule has 2 aromatic heterocycles. The lowest BCUT2D eigenvalue weighted by Gasteiger charge is -2.36. The molecule has 1 aliphatic carbocycles. The molecule has 11 nitrogen and oxygen atoms in total. The molecule has 0 saturated carbocycles. The first-order valence-corrected chi connectivity index (χ1v) is 17.0. The molecule has 2 aromatic carbocycles. The number of phenolic OH excluding ortho intramolecular Hbond substituents is 1. The van der Waals surface area contributed by atoms with Crippen molar-refractivity contribution in [2.45, 2.75) is 84.5 Å². The summed E-state index contributed by atoms with van der Waals surface area (Å²) in [5.74, 6) is -0.371. The Morgan fingerprint density at radius 3 is 2.55 bits per heavy atom. The minimum Gasteiger partial charge on any atom is -0.508 e. The summed E-state index contributed by atoms with van der Waals surface area (Å²) in [6.45, 7) is 6.47. The predicted molar refractivity (Wildman–Crippen MR) is 185 cm³/mol. The third-order valence-corrected chi connectivity index (χ3v) is 9.86. The molecule has 256 valence electrons. The van der Waals surface area contributed by atoms with Crippen LogP contribution in [0.15, 0.2) is 53.3 Å². The van der Waals surface area contributed by atoms with E-state index in [9.17, 15) is 24.3 Å². The van der Waals surface area contributed by atoms with Crippen molar-refractivity contribution < 1.29 is 29.0 Å². The average Bonchev–Trinajstić information content (AvgIpc) is 3.46. The van der Waals surface area contributed by atoms with Crippen LogP contribution in [0, 0.1) is 5.92 Å². The van der Waals surface area contributed by atoms with Crippen molar-refractivity contribution in [1.82, 2.24) is 9.55 Å². The van der Waals surface area contributed by atoms with Crippen LogP contribution in [-0.2, 0) is 50.7 Å². The van der Waals surface area contributed by atoms with Crippen LogP contribution in [0.5, 0.6) is 5.75 Å². The van der Waals surface area contributed by atoms with E-state index in [1.807, 2.05) is 13.8 Å². The number of hydrogen-bond acceptors (Lipinski definition) is 9. The fourth-order valence-corrected chi connectivity index (χ4v) is 7.10. The van der Waals surface area contributed by atoms with Crippen LogP contribution in [0.2, 0.25) is 0 Å². The fourth-order valence-electron chi connectivity index (χ4n) is 7.10. The van der Waals surface area contributed by atoms with Gasteiger partial charge in [0.05, 0.1) is 23.4 Å². The average molecular weight is 667 g/mol. The van der Waals surface area contributed by atoms with Gasteiger partial charge in [0, 0.05) is 40.1 Å². The van der Waals surface area contributed by atoms with Gasteiger partial charge in [0.15, 0.2) is 11.4 Å². The maximum absolute atomic E-state index is 14.0. The lowest BCUT2D eigenvalue weighted by molar-refractivity contribution is -0.144. The number of nitrogens with one attached hydrogen (secondary N) is 1. The zero-order valence-corrected chi connectivity index (χ0v) is 28.1. The molecule has 0 saturated heterocycles. The lowest BCUT2D eigenvalue weighted by Crippen LogP contribution is -2.46. The van der Waals surface area contributed by atoms with Crippen molar-refractivity contribution in [2.24, 2.45) is 11.7 Å². The number of phenols is 1. The predicted octanol–water partition coefficient (Wildman–Crippen LogP) is 5.87. The summed E-state index contributed by atoms with van der Waals surface area (Å²) in [5, 5.41) is 13.9. The molecule has 1 aliphatic heterocycles. The van der Waals surface area contributed by atoms with Crippen molar-refractivity contribution >= 4 is 34.4 Å². The number of carbonyl (C=O) groups excluding carboxylic acids is 3. The largest absolute Gasteiger partial charge is 0.509 e. The van der Waals surface area contributed by atoms with Crippen LogP contribution < -0.4 is 16.6 Å². The fraction of sp³-hybridized carbons (Fsp3) is 0.395. The van der Waals surface area contributed by atoms with Gasteiger partial charge in [-0.3, -0.25) is 14.4 Å². The number of fused-ring (bicyclic) bond motifs is 5. The maximum Gasteiger partial charge on any atom is 0.509 e. The molecule has 0 spiro atoms. The molecular weight excluding hydrogens is 624 g/mol. The van der Waals surface area contributed by atoms with Gasteiger partial charge in [-0.15, -0.1) is 0 Å². The Labute approximate surface area is 284 Å². The highest BCUT2D eigenvalue weighted by atomic mass is 16.7. The third-order valence-electron chi connectivity index (χ3n) is 9.86. The standard InChI is InChI=1S/C38H42N4O7/c1-4-26-28-18-25(43)13-15-31(28)41-34-29(26)20-42-32(34)19-30-27(36(42)46)14-16-33(44)38(30,5-2)49-37(47)48-21-23-9-11-24(12-10-23)40-35(45)22(3)8-6-7-17-39/h9-13,15,18-19,22,43H,4-8,14,16-17,20-21,39H2,1-3H3,(H,40,45). The lowest BCUT2D eigenvalue weighted by atomic mass is 9.76. The van der Waals surface area contributed by atoms with Gasteiger partial charge in [0.1, 0.15) is 12.4 Å². The molecule has 0 fully saturated rings. The third kappa shape index (κ3) is 6.30. The van der Waals surface area contributed by atoms with Crippen molar-refractivity contribution in [1.29, 1.82) is 0 Å². The highest BCUT2D eigenvalue weighted by Gasteiger charge is 2.48. The van der Waals surface area contributed by atoms with Crippen molar-refractivity contribution in [3.05, 3.63) is 86.7 Å². The number of nitrogens with two attached hydrogens (primary N) is 1. The first kappa shape index (κ1) is 33.9. The van der Waals surface area contributed by atoms with E-state index in [2.05, 4.69) is 5.32 Å². The summed E-state index contributed by atoms with van der Waals surface area (Å²) in [7, 11) is 0. The number of rotatable bonds is 11. The van der Waals surface area contributed by atoms with Gasteiger partial charge in [-0.05, 0) is 86.2 Å². The number of hydrogen-bond donors (Lipinski definition) is 3. The summed E-state index contributed by atoms with van der Waals surface area (Å²) in [4.78, 5) is 58.2. The van der Waals surface area contributed by atoms with Crippen LogP contribution in [0.1, 0.15) is 80.7 Å². The number of Topliss-reactive ketones (excluding diaryl/α,β-unsaturated/α-hetero) is 1. The number of carbonyl (C=O) groups is 3. The summed E-state index contributed by atoms with van der Waals surface area (Å²) >= 11 is 0. The number of ketones is 1. The topological polar surface area (TPSA) is 163 Å². The van der Waals surface area contributed by atoms with Crippen LogP contribution in [0.3, 0.4) is 0 Å². The molecule has 2 aliphatic rings. The maximum atomic E-state index is 14.0. The van der Waals surface area contributed by atoms with Gasteiger partial charge in [-0.25, -0.2) is 9.78 Å². The number of aryl methyl sites for hydroxylation is 1. The molecule has 3 heterocycles. The van der Waals surface area contributed by atoms with Gasteiger partial charge < -0.3 is 30.2 Å². The second-order valence-corrected chi connectivity index (χ2v) is 12.9. The Hall–Kier alpha value is -5.03. The molecule has 4 aromatic rings. The Balaban J connectivity index is 1.22. The van der Waals surface area contributed by atoms with E-state index in [0.717, 1.165) is 35.8 Å². The number of nitrogens with zero attached hydrogens (tertiary/aromatic N) is 2. The number of aromatic hydroxyl groups is 1. The minimum absolute atomic E-state index is 0.0517. The van der Waals surface area contributed by atoms with Gasteiger partial charge in [-0.2, -0.15) is 0 Å². The molecule has 11 heteroatoms. The van der Waals surface area contributed by atoms with E-state index < -0.39 is 11.8 Å². The molecule has 2 unspecified atom stereocenters. The molecule has 0 bridgehead atoms. The molecule has 49 heavy (non-hydrogen) atoms. The Bertz CT molecular complexity index is 2000.